The zero-order valence-electron chi connectivity index (χ0n) is 16.3. The van der Waals surface area contributed by atoms with Crippen LogP contribution in [0.15, 0.2) is 12.2 Å². The SMILES string of the molecule is C=C(C)C(=O)OC(OCCC(F)(F)C(F)(F)S(=O)(=O)O)(C(=O)NC(C)C(F)(F)F)C(F)(F)F. The Morgan fingerprint density at radius 2 is 1.48 bits per heavy atom. The smallest absolute Gasteiger partial charge is 0.412 e. The van der Waals surface area contributed by atoms with Crippen LogP contribution >= 0.6 is 0 Å². The number of halogens is 10. The number of nitrogens with one attached hydrogen (secondary N) is 1. The molecule has 0 radical (unpaired) electrons. The van der Waals surface area contributed by atoms with Gasteiger partial charge >= 0.3 is 51.3 Å². The summed E-state index contributed by atoms with van der Waals surface area (Å²) in [4.78, 5) is 23.6. The molecule has 2 unspecified atom stereocenters. The van der Waals surface area contributed by atoms with Crippen LogP contribution in [0.2, 0.25) is 0 Å². The van der Waals surface area contributed by atoms with Gasteiger partial charge in [-0.25, -0.2) is 4.79 Å². The van der Waals surface area contributed by atoms with Crippen LogP contribution in [0.25, 0.3) is 0 Å². The molecule has 0 aromatic carbocycles. The quantitative estimate of drug-likeness (QED) is 0.146. The van der Waals surface area contributed by atoms with E-state index in [2.05, 4.69) is 16.1 Å². The third-order valence-corrected chi connectivity index (χ3v) is 4.51. The number of esters is 1. The topological polar surface area (TPSA) is 119 Å². The summed E-state index contributed by atoms with van der Waals surface area (Å²) in [6.07, 6.45) is -14.3. The van der Waals surface area contributed by atoms with Crippen LogP contribution < -0.4 is 5.32 Å². The number of hydrogen-bond donors (Lipinski definition) is 2. The lowest BCUT2D eigenvalue weighted by molar-refractivity contribution is -0.350. The average molecular weight is 531 g/mol. The van der Waals surface area contributed by atoms with Crippen LogP contribution in [0, 0.1) is 0 Å². The highest BCUT2D eigenvalue weighted by atomic mass is 32.2. The Morgan fingerprint density at radius 1 is 1.03 bits per heavy atom. The molecule has 0 saturated heterocycles. The molecule has 19 heteroatoms. The molecule has 0 aliphatic rings. The van der Waals surface area contributed by atoms with Gasteiger partial charge in [0.2, 0.25) is 0 Å². The molecule has 0 aliphatic carbocycles. The van der Waals surface area contributed by atoms with E-state index < -0.39 is 76.0 Å². The maximum Gasteiger partial charge on any atom is 0.466 e. The van der Waals surface area contributed by atoms with E-state index in [-0.39, 0.29) is 6.92 Å². The van der Waals surface area contributed by atoms with Crippen LogP contribution in [0.1, 0.15) is 20.3 Å². The fourth-order valence-electron chi connectivity index (χ4n) is 1.66. The van der Waals surface area contributed by atoms with E-state index in [0.29, 0.717) is 6.92 Å². The standard InChI is InChI=1S/C14H15F10NO7S/c1-6(2)8(26)32-11(13(20,21)22,9(27)25-7(3)12(17,18)19)31-5-4-10(15,16)14(23,24)33(28,29)30/h7H,1,4-5H2,2-3H3,(H,25,27)(H,28,29,30). The Kier molecular flexibility index (Phi) is 8.98. The van der Waals surface area contributed by atoms with Gasteiger partial charge in [-0.2, -0.15) is 52.3 Å². The zero-order chi connectivity index (χ0) is 26.8. The van der Waals surface area contributed by atoms with Crippen molar-refractivity contribution in [2.24, 2.45) is 0 Å². The zero-order valence-corrected chi connectivity index (χ0v) is 17.1. The molecule has 0 heterocycles. The Bertz CT molecular complexity index is 869. The number of hydrogen-bond acceptors (Lipinski definition) is 6. The van der Waals surface area contributed by atoms with Crippen molar-refractivity contribution in [2.75, 3.05) is 6.61 Å². The molecular formula is C14H15F10NO7S. The molecule has 2 atom stereocenters. The highest BCUT2D eigenvalue weighted by Crippen LogP contribution is 2.42. The molecular weight excluding hydrogens is 516 g/mol. The van der Waals surface area contributed by atoms with Gasteiger partial charge in [-0.05, 0) is 13.8 Å². The third kappa shape index (κ3) is 6.92. The minimum absolute atomic E-state index is 0.139. The van der Waals surface area contributed by atoms with Gasteiger partial charge < -0.3 is 14.8 Å². The average Bonchev–Trinajstić information content (AvgIpc) is 2.57. The summed E-state index contributed by atoms with van der Waals surface area (Å²) in [6.45, 7) is 1.35. The lowest BCUT2D eigenvalue weighted by Gasteiger charge is -2.35. The van der Waals surface area contributed by atoms with E-state index in [1.54, 1.807) is 0 Å². The summed E-state index contributed by atoms with van der Waals surface area (Å²) in [5, 5.41) is -5.52. The van der Waals surface area contributed by atoms with Gasteiger partial charge in [0.05, 0.1) is 6.61 Å². The fourth-order valence-corrected chi connectivity index (χ4v) is 2.14. The minimum atomic E-state index is -6.80. The van der Waals surface area contributed by atoms with Crippen molar-refractivity contribution in [1.82, 2.24) is 5.32 Å². The van der Waals surface area contributed by atoms with Crippen molar-refractivity contribution >= 4 is 22.0 Å². The molecule has 2 N–H and O–H groups in total. The van der Waals surface area contributed by atoms with Gasteiger partial charge in [0.1, 0.15) is 6.04 Å². The summed E-state index contributed by atoms with van der Waals surface area (Å²) in [5.41, 5.74) is -0.882. The van der Waals surface area contributed by atoms with Crippen LogP contribution in [-0.4, -0.2) is 66.8 Å². The first-order valence-corrected chi connectivity index (χ1v) is 9.47. The highest BCUT2D eigenvalue weighted by molar-refractivity contribution is 7.87. The monoisotopic (exact) mass is 531 g/mol. The van der Waals surface area contributed by atoms with Gasteiger partial charge in [0.15, 0.2) is 0 Å². The van der Waals surface area contributed by atoms with Gasteiger partial charge in [0.25, 0.3) is 0 Å². The molecule has 0 aliphatic heterocycles. The first kappa shape index (κ1) is 30.9. The normalized spacial score (nSPS) is 16.5. The van der Waals surface area contributed by atoms with E-state index in [9.17, 15) is 61.9 Å². The minimum Gasteiger partial charge on any atom is -0.412 e. The van der Waals surface area contributed by atoms with E-state index >= 15 is 0 Å². The maximum atomic E-state index is 13.6. The molecule has 0 aromatic rings. The van der Waals surface area contributed by atoms with E-state index in [1.165, 1.54) is 0 Å². The van der Waals surface area contributed by atoms with Crippen molar-refractivity contribution in [2.45, 2.75) is 55.6 Å². The van der Waals surface area contributed by atoms with E-state index in [1.807, 2.05) is 0 Å². The molecule has 0 rings (SSSR count). The highest BCUT2D eigenvalue weighted by Gasteiger charge is 2.69. The van der Waals surface area contributed by atoms with E-state index in [4.69, 9.17) is 4.55 Å². The van der Waals surface area contributed by atoms with Gasteiger partial charge in [-0.1, -0.05) is 6.58 Å². The van der Waals surface area contributed by atoms with Gasteiger partial charge in [-0.3, -0.25) is 9.35 Å². The predicted molar refractivity (Wildman–Crippen MR) is 85.4 cm³/mol. The largest absolute Gasteiger partial charge is 0.466 e. The van der Waals surface area contributed by atoms with Crippen LogP contribution in [0.4, 0.5) is 43.9 Å². The molecule has 0 fully saturated rings. The summed E-state index contributed by atoms with van der Waals surface area (Å²) in [5.74, 6) is -15.9. The van der Waals surface area contributed by atoms with Crippen LogP contribution in [-0.2, 0) is 29.2 Å². The third-order valence-electron chi connectivity index (χ3n) is 3.57. The summed E-state index contributed by atoms with van der Waals surface area (Å²) in [7, 11) is -6.80. The van der Waals surface area contributed by atoms with Crippen LogP contribution in [0.3, 0.4) is 0 Å². The van der Waals surface area contributed by atoms with Crippen molar-refractivity contribution < 1.29 is 75.9 Å². The Balaban J connectivity index is 6.24. The molecule has 0 bridgehead atoms. The molecule has 194 valence electrons. The second kappa shape index (κ2) is 9.61. The number of alkyl halides is 10. The summed E-state index contributed by atoms with van der Waals surface area (Å²) >= 11 is 0. The second-order valence-corrected chi connectivity index (χ2v) is 7.78. The lowest BCUT2D eigenvalue weighted by Crippen LogP contribution is -2.64. The van der Waals surface area contributed by atoms with Crippen LogP contribution in [0.5, 0.6) is 0 Å². The molecule has 33 heavy (non-hydrogen) atoms. The van der Waals surface area contributed by atoms with Gasteiger partial charge in [0, 0.05) is 12.0 Å². The Morgan fingerprint density at radius 3 is 1.82 bits per heavy atom. The number of carbonyl (C=O) groups is 2. The van der Waals surface area contributed by atoms with E-state index in [0.717, 1.165) is 5.32 Å². The summed E-state index contributed by atoms with van der Waals surface area (Å²) in [6, 6.07) is -3.04. The maximum absolute atomic E-state index is 13.6. The van der Waals surface area contributed by atoms with Crippen molar-refractivity contribution in [1.29, 1.82) is 0 Å². The number of amides is 1. The predicted octanol–water partition coefficient (Wildman–Crippen LogP) is 2.95. The number of rotatable bonds is 10. The fraction of sp³-hybridized carbons (Fsp3) is 0.714. The Hall–Kier alpha value is -2.15. The van der Waals surface area contributed by atoms with Crippen molar-refractivity contribution in [3.05, 3.63) is 12.2 Å². The lowest BCUT2D eigenvalue weighted by atomic mass is 10.2. The summed E-state index contributed by atoms with van der Waals surface area (Å²) < 4.78 is 169. The Labute approximate surface area is 178 Å². The van der Waals surface area contributed by atoms with Gasteiger partial charge in [-0.15, -0.1) is 0 Å². The first-order valence-electron chi connectivity index (χ1n) is 8.03. The molecule has 0 saturated carbocycles. The number of ether oxygens (including phenoxy) is 2. The van der Waals surface area contributed by atoms with Crippen molar-refractivity contribution in [3.8, 4) is 0 Å². The molecule has 0 spiro atoms. The van der Waals surface area contributed by atoms with Crippen molar-refractivity contribution in [3.63, 3.8) is 0 Å². The second-order valence-electron chi connectivity index (χ2n) is 6.32. The number of carbonyl (C=O) groups excluding carboxylic acids is 2. The molecule has 1 amide bonds. The molecule has 0 aromatic heterocycles. The molecule has 8 nitrogen and oxygen atoms in total. The first-order chi connectivity index (χ1) is 14.3.